The van der Waals surface area contributed by atoms with Crippen molar-refractivity contribution in [1.82, 2.24) is 4.98 Å². The Bertz CT molecular complexity index is 615. The van der Waals surface area contributed by atoms with Crippen LogP contribution in [0.2, 0.25) is 0 Å². The van der Waals surface area contributed by atoms with Crippen molar-refractivity contribution < 1.29 is 19.4 Å². The van der Waals surface area contributed by atoms with Crippen LogP contribution in [-0.4, -0.2) is 35.1 Å². The number of nitrogens with one attached hydrogen (secondary N) is 1. The number of aliphatic carboxylic acids is 1. The summed E-state index contributed by atoms with van der Waals surface area (Å²) >= 11 is 0. The van der Waals surface area contributed by atoms with E-state index in [1.54, 1.807) is 6.20 Å². The zero-order valence-electron chi connectivity index (χ0n) is 10.6. The van der Waals surface area contributed by atoms with Crippen molar-refractivity contribution in [3.05, 3.63) is 35.5 Å². The molecular weight excluding hydrogens is 246 g/mol. The van der Waals surface area contributed by atoms with Crippen molar-refractivity contribution in [3.8, 4) is 0 Å². The molecule has 0 saturated heterocycles. The lowest BCUT2D eigenvalue weighted by Gasteiger charge is -2.01. The average Bonchev–Trinajstić information content (AvgIpc) is 2.81. The van der Waals surface area contributed by atoms with Crippen LogP contribution >= 0.6 is 0 Å². The van der Waals surface area contributed by atoms with E-state index in [1.807, 2.05) is 25.1 Å². The van der Waals surface area contributed by atoms with Gasteiger partial charge in [0.2, 0.25) is 0 Å². The minimum absolute atomic E-state index is 0.222. The number of hydrogen-bond acceptors (Lipinski definition) is 3. The number of aromatic amines is 1. The van der Waals surface area contributed by atoms with Gasteiger partial charge in [0.15, 0.2) is 5.78 Å². The molecule has 0 unspecified atom stereocenters. The maximum atomic E-state index is 12.0. The molecule has 0 aliphatic heterocycles. The number of carbonyl (C=O) groups excluding carboxylic acids is 1. The van der Waals surface area contributed by atoms with Crippen molar-refractivity contribution >= 4 is 22.7 Å². The van der Waals surface area contributed by atoms with E-state index in [-0.39, 0.29) is 12.4 Å². The van der Waals surface area contributed by atoms with E-state index in [0.29, 0.717) is 5.56 Å². The molecule has 1 aromatic carbocycles. The summed E-state index contributed by atoms with van der Waals surface area (Å²) in [5.74, 6) is -1.30. The van der Waals surface area contributed by atoms with Gasteiger partial charge in [-0.2, -0.15) is 0 Å². The molecule has 1 aromatic heterocycles. The Morgan fingerprint density at radius 2 is 2.11 bits per heavy atom. The van der Waals surface area contributed by atoms with E-state index < -0.39 is 12.6 Å². The van der Waals surface area contributed by atoms with Crippen molar-refractivity contribution in [1.29, 1.82) is 0 Å². The minimum atomic E-state index is -1.08. The third-order valence-electron chi connectivity index (χ3n) is 2.94. The fourth-order valence-corrected chi connectivity index (χ4v) is 2.05. The lowest BCUT2D eigenvalue weighted by molar-refractivity contribution is -0.141. The van der Waals surface area contributed by atoms with E-state index in [9.17, 15) is 9.59 Å². The summed E-state index contributed by atoms with van der Waals surface area (Å²) in [4.78, 5) is 25.4. The topological polar surface area (TPSA) is 79.4 Å². The minimum Gasteiger partial charge on any atom is -0.480 e. The Labute approximate surface area is 110 Å². The van der Waals surface area contributed by atoms with Gasteiger partial charge in [-0.05, 0) is 12.0 Å². The number of aromatic nitrogens is 1. The highest BCUT2D eigenvalue weighted by Gasteiger charge is 2.13. The van der Waals surface area contributed by atoms with E-state index >= 15 is 0 Å². The van der Waals surface area contributed by atoms with Gasteiger partial charge in [-0.25, -0.2) is 4.79 Å². The molecule has 2 N–H and O–H groups in total. The zero-order chi connectivity index (χ0) is 13.8. The zero-order valence-corrected chi connectivity index (χ0v) is 10.6. The van der Waals surface area contributed by atoms with Crippen LogP contribution in [0.1, 0.15) is 22.8 Å². The lowest BCUT2D eigenvalue weighted by Crippen LogP contribution is -2.14. The summed E-state index contributed by atoms with van der Waals surface area (Å²) in [5.41, 5.74) is 2.63. The third kappa shape index (κ3) is 2.82. The first-order chi connectivity index (χ1) is 9.13. The number of carboxylic acids is 1. The van der Waals surface area contributed by atoms with Crippen LogP contribution in [0.25, 0.3) is 10.9 Å². The van der Waals surface area contributed by atoms with E-state index in [0.717, 1.165) is 22.9 Å². The van der Waals surface area contributed by atoms with E-state index in [1.165, 1.54) is 0 Å². The fraction of sp³-hybridized carbons (Fsp3) is 0.286. The number of para-hydroxylation sites is 1. The van der Waals surface area contributed by atoms with Crippen LogP contribution in [0.4, 0.5) is 0 Å². The highest BCUT2D eigenvalue weighted by molar-refractivity contribution is 6.09. The monoisotopic (exact) mass is 261 g/mol. The van der Waals surface area contributed by atoms with E-state index in [4.69, 9.17) is 9.84 Å². The van der Waals surface area contributed by atoms with Crippen LogP contribution in [0.3, 0.4) is 0 Å². The smallest absolute Gasteiger partial charge is 0.329 e. The molecule has 5 heteroatoms. The molecule has 19 heavy (non-hydrogen) atoms. The van der Waals surface area contributed by atoms with Gasteiger partial charge >= 0.3 is 5.97 Å². The Kier molecular flexibility index (Phi) is 3.97. The van der Waals surface area contributed by atoms with Gasteiger partial charge in [0.1, 0.15) is 13.2 Å². The molecule has 2 rings (SSSR count). The number of benzene rings is 1. The molecule has 0 fully saturated rings. The second-order valence-electron chi connectivity index (χ2n) is 4.21. The average molecular weight is 261 g/mol. The molecule has 0 spiro atoms. The van der Waals surface area contributed by atoms with Crippen molar-refractivity contribution in [3.63, 3.8) is 0 Å². The predicted molar refractivity (Wildman–Crippen MR) is 70.5 cm³/mol. The molecule has 2 aromatic rings. The molecular formula is C14H15NO4. The van der Waals surface area contributed by atoms with Gasteiger partial charge in [0, 0.05) is 22.7 Å². The highest BCUT2D eigenvalue weighted by Crippen LogP contribution is 2.22. The summed E-state index contributed by atoms with van der Waals surface area (Å²) in [6, 6.07) is 5.79. The van der Waals surface area contributed by atoms with Crippen molar-refractivity contribution in [2.24, 2.45) is 0 Å². The molecule has 0 saturated carbocycles. The highest BCUT2D eigenvalue weighted by atomic mass is 16.5. The number of hydrogen-bond donors (Lipinski definition) is 2. The summed E-state index contributed by atoms with van der Waals surface area (Å²) in [7, 11) is 0. The Hall–Kier alpha value is -2.14. The maximum Gasteiger partial charge on any atom is 0.329 e. The molecule has 1 heterocycles. The van der Waals surface area contributed by atoms with Gasteiger partial charge in [0.05, 0.1) is 0 Å². The number of Topliss-reactive ketones (excluding diaryl/α,β-unsaturated/α-hetero) is 1. The fourth-order valence-electron chi connectivity index (χ4n) is 2.05. The second-order valence-corrected chi connectivity index (χ2v) is 4.21. The molecule has 5 nitrogen and oxygen atoms in total. The Morgan fingerprint density at radius 1 is 1.32 bits per heavy atom. The molecule has 100 valence electrons. The Morgan fingerprint density at radius 3 is 2.79 bits per heavy atom. The summed E-state index contributed by atoms with van der Waals surface area (Å²) in [6.07, 6.45) is 2.53. The van der Waals surface area contributed by atoms with E-state index in [2.05, 4.69) is 4.98 Å². The lowest BCUT2D eigenvalue weighted by atomic mass is 10.1. The third-order valence-corrected chi connectivity index (χ3v) is 2.94. The largest absolute Gasteiger partial charge is 0.480 e. The van der Waals surface area contributed by atoms with Crippen LogP contribution in [0.15, 0.2) is 24.4 Å². The van der Waals surface area contributed by atoms with Crippen LogP contribution in [0, 0.1) is 0 Å². The summed E-state index contributed by atoms with van der Waals surface area (Å²) in [5, 5.41) is 9.30. The number of H-pyrrole nitrogens is 1. The number of carbonyl (C=O) groups is 2. The number of rotatable bonds is 6. The quantitative estimate of drug-likeness (QED) is 0.779. The van der Waals surface area contributed by atoms with Gasteiger partial charge < -0.3 is 14.8 Å². The van der Waals surface area contributed by atoms with Gasteiger partial charge in [-0.3, -0.25) is 4.79 Å². The first-order valence-corrected chi connectivity index (χ1v) is 6.05. The molecule has 0 aliphatic carbocycles. The number of aryl methyl sites for hydroxylation is 1. The number of ketones is 1. The van der Waals surface area contributed by atoms with Crippen LogP contribution < -0.4 is 0 Å². The normalized spacial score (nSPS) is 10.8. The van der Waals surface area contributed by atoms with Gasteiger partial charge in [-0.15, -0.1) is 0 Å². The second kappa shape index (κ2) is 5.67. The predicted octanol–water partition coefficient (Wildman–Crippen LogP) is 2.01. The van der Waals surface area contributed by atoms with Crippen molar-refractivity contribution in [2.75, 3.05) is 13.2 Å². The Balaban J connectivity index is 2.21. The van der Waals surface area contributed by atoms with Gasteiger partial charge in [-0.1, -0.05) is 25.1 Å². The molecule has 0 bridgehead atoms. The number of fused-ring (bicyclic) bond motifs is 1. The maximum absolute atomic E-state index is 12.0. The number of carboxylic acid groups (broad SMARTS) is 1. The summed E-state index contributed by atoms with van der Waals surface area (Å²) in [6.45, 7) is 1.36. The van der Waals surface area contributed by atoms with Crippen LogP contribution in [0.5, 0.6) is 0 Å². The molecule has 0 aliphatic rings. The van der Waals surface area contributed by atoms with Crippen molar-refractivity contribution in [2.45, 2.75) is 13.3 Å². The first-order valence-electron chi connectivity index (χ1n) is 6.05. The SMILES string of the molecule is CCc1cccc2c(C(=O)COCC(=O)O)c[nH]c12. The standard InChI is InChI=1S/C14H15NO4/c1-2-9-4-3-5-10-11(6-15-14(9)10)12(16)7-19-8-13(17)18/h3-6,15H,2,7-8H2,1H3,(H,17,18). The first kappa shape index (κ1) is 13.3. The molecule has 0 amide bonds. The number of ether oxygens (including phenoxy) is 1. The van der Waals surface area contributed by atoms with Gasteiger partial charge in [0.25, 0.3) is 0 Å². The molecule has 0 radical (unpaired) electrons. The molecule has 0 atom stereocenters. The summed E-state index contributed by atoms with van der Waals surface area (Å²) < 4.78 is 4.82. The van der Waals surface area contributed by atoms with Crippen LogP contribution in [-0.2, 0) is 16.0 Å².